The van der Waals surface area contributed by atoms with E-state index in [4.69, 9.17) is 27.1 Å². The zero-order chi connectivity index (χ0) is 36.2. The Morgan fingerprint density at radius 2 is 1.94 bits per heavy atom. The summed E-state index contributed by atoms with van der Waals surface area (Å²) in [4.78, 5) is 35.7. The average molecular weight is 706 g/mol. The molecule has 0 saturated carbocycles. The molecular formula is C36H48ClN9O4. The molecule has 6 rings (SSSR count). The second-order valence-corrected chi connectivity index (χ2v) is 14.2. The van der Waals surface area contributed by atoms with E-state index in [1.165, 1.54) is 4.68 Å². The number of aryl methyl sites for hydroxylation is 1. The fourth-order valence-electron chi connectivity index (χ4n) is 7.00. The molecule has 1 spiro atoms. The summed E-state index contributed by atoms with van der Waals surface area (Å²) >= 11 is 7.03. The number of aromatic nitrogens is 5. The van der Waals surface area contributed by atoms with Crippen LogP contribution >= 0.6 is 11.6 Å². The highest BCUT2D eigenvalue weighted by Gasteiger charge is 2.42. The number of carboxylic acid groups (broad SMARTS) is 1. The number of carbonyl (C=O) groups excluding carboxylic acids is 1. The van der Waals surface area contributed by atoms with Gasteiger partial charge in [-0.1, -0.05) is 31.6 Å². The molecule has 4 heterocycles. The van der Waals surface area contributed by atoms with Crippen molar-refractivity contribution in [1.29, 1.82) is 0 Å². The molecule has 0 amide bonds. The number of aliphatic imine (C=N–C) groups is 1. The van der Waals surface area contributed by atoms with Crippen molar-refractivity contribution in [2.45, 2.75) is 63.9 Å². The van der Waals surface area contributed by atoms with Crippen molar-refractivity contribution in [1.82, 2.24) is 34.8 Å². The fourth-order valence-corrected chi connectivity index (χ4v) is 7.32. The van der Waals surface area contributed by atoms with Gasteiger partial charge in [0, 0.05) is 67.1 Å². The molecule has 50 heavy (non-hydrogen) atoms. The van der Waals surface area contributed by atoms with Crippen molar-refractivity contribution in [3.05, 3.63) is 75.6 Å². The first-order valence-corrected chi connectivity index (χ1v) is 17.4. The van der Waals surface area contributed by atoms with Crippen LogP contribution in [0.4, 0.5) is 0 Å². The highest BCUT2D eigenvalue weighted by atomic mass is 35.5. The summed E-state index contributed by atoms with van der Waals surface area (Å²) < 4.78 is 7.49. The number of benzene rings is 1. The van der Waals surface area contributed by atoms with Crippen LogP contribution in [-0.4, -0.2) is 122 Å². The molecular weight excluding hydrogens is 658 g/mol. The first-order chi connectivity index (χ1) is 23.8. The molecule has 3 aromatic rings. The van der Waals surface area contributed by atoms with Gasteiger partial charge in [-0.05, 0) is 58.0 Å². The molecule has 3 atom stereocenters. The van der Waals surface area contributed by atoms with Gasteiger partial charge < -0.3 is 20.5 Å². The molecule has 13 nitrogen and oxygen atoms in total. The maximum absolute atomic E-state index is 11.4. The van der Waals surface area contributed by atoms with Crippen LogP contribution in [0.25, 0.3) is 11.8 Å². The molecule has 2 fully saturated rings. The lowest BCUT2D eigenvalue weighted by molar-refractivity contribution is -0.0946. The predicted molar refractivity (Wildman–Crippen MR) is 195 cm³/mol. The third kappa shape index (κ3) is 8.23. The van der Waals surface area contributed by atoms with Gasteiger partial charge in [0.25, 0.3) is 0 Å². The summed E-state index contributed by atoms with van der Waals surface area (Å²) in [6.07, 6.45) is 5.54. The number of ether oxygens (including phenoxy) is 1. The molecule has 3 unspecified atom stereocenters. The van der Waals surface area contributed by atoms with E-state index in [1.54, 1.807) is 37.4 Å². The number of nitrogens with one attached hydrogen (secondary N) is 1. The fraction of sp³-hybridized carbons (Fsp3) is 0.500. The van der Waals surface area contributed by atoms with Crippen molar-refractivity contribution >= 4 is 41.5 Å². The average Bonchev–Trinajstić information content (AvgIpc) is 3.81. The lowest BCUT2D eigenvalue weighted by atomic mass is 9.78. The standard InChI is InChI=1S/C29H37ClN6O3.C7H11N3O/c1-18-14-23-22(15-33-34-23)25(26(18)30)24(27(31)20-4-6-21(7-5-20)28(37)38)19(2)32-9-11-36-10-8-29(17-36)16-35(3)12-13-39-29;1-5(2)7-8-6(3)9-10(7)4-11/h4-7,14-15,25-26H,8-13,16-17,31H2,1-3H3,(H,33,34)(H,37,38);4-5H,1-3H3/b27-24+,32-19?;. The van der Waals surface area contributed by atoms with Gasteiger partial charge in [-0.2, -0.15) is 9.78 Å². The third-order valence-electron chi connectivity index (χ3n) is 9.55. The minimum atomic E-state index is -0.979. The number of likely N-dealkylation sites (tertiary alicyclic amines) is 1. The van der Waals surface area contributed by atoms with Crippen LogP contribution in [0, 0.1) is 6.92 Å². The summed E-state index contributed by atoms with van der Waals surface area (Å²) in [5.74, 6) is 0.363. The van der Waals surface area contributed by atoms with E-state index in [9.17, 15) is 14.7 Å². The number of rotatable bonds is 9. The Bertz CT molecular complexity index is 1780. The van der Waals surface area contributed by atoms with Gasteiger partial charge in [-0.15, -0.1) is 16.7 Å². The number of nitrogens with two attached hydrogens (primary N) is 1. The number of carboxylic acids is 1. The van der Waals surface area contributed by atoms with Gasteiger partial charge in [-0.25, -0.2) is 9.78 Å². The van der Waals surface area contributed by atoms with Crippen molar-refractivity contribution in [2.75, 3.05) is 52.9 Å². The summed E-state index contributed by atoms with van der Waals surface area (Å²) in [5.41, 5.74) is 12.8. The quantitative estimate of drug-likeness (QED) is 0.167. The molecule has 14 heteroatoms. The van der Waals surface area contributed by atoms with Crippen molar-refractivity contribution in [3.8, 4) is 0 Å². The van der Waals surface area contributed by atoms with E-state index in [0.717, 1.165) is 85.3 Å². The first-order valence-electron chi connectivity index (χ1n) is 17.0. The molecule has 0 radical (unpaired) electrons. The number of fused-ring (bicyclic) bond motifs is 1. The highest BCUT2D eigenvalue weighted by molar-refractivity contribution is 6.25. The minimum Gasteiger partial charge on any atom is -0.478 e. The van der Waals surface area contributed by atoms with Crippen molar-refractivity contribution in [2.24, 2.45) is 10.7 Å². The van der Waals surface area contributed by atoms with Crippen LogP contribution in [0.2, 0.25) is 0 Å². The Labute approximate surface area is 298 Å². The maximum Gasteiger partial charge on any atom is 0.335 e. The summed E-state index contributed by atoms with van der Waals surface area (Å²) in [5, 5.41) is 20.2. The van der Waals surface area contributed by atoms with Crippen LogP contribution in [0.15, 0.2) is 46.6 Å². The number of hydrogen-bond acceptors (Lipinski definition) is 10. The van der Waals surface area contributed by atoms with Crippen LogP contribution in [-0.2, 0) is 9.53 Å². The van der Waals surface area contributed by atoms with Gasteiger partial charge in [0.05, 0.1) is 41.6 Å². The maximum atomic E-state index is 11.4. The number of H-pyrrole nitrogens is 1. The Balaban J connectivity index is 0.000000377. The summed E-state index contributed by atoms with van der Waals surface area (Å²) in [6, 6.07) is 6.61. The summed E-state index contributed by atoms with van der Waals surface area (Å²) in [6.45, 7) is 15.8. The lowest BCUT2D eigenvalue weighted by Gasteiger charge is -2.38. The molecule has 2 saturated heterocycles. The number of hydrogen-bond donors (Lipinski definition) is 3. The Morgan fingerprint density at radius 3 is 2.58 bits per heavy atom. The second kappa shape index (κ2) is 15.8. The SMILES string of the molecule is CC1=Cc2[nH]ncc2C(/C(C(C)=NCCN2CCC3(CN(C)CCO3)C2)=C(/N)c2ccc(C(=O)O)cc2)C1Cl.Cc1nc(C(C)C)n(C=O)n1. The van der Waals surface area contributed by atoms with Crippen LogP contribution in [0.3, 0.4) is 0 Å². The molecule has 1 aromatic carbocycles. The molecule has 3 aliphatic rings. The van der Waals surface area contributed by atoms with E-state index in [1.807, 2.05) is 33.8 Å². The van der Waals surface area contributed by atoms with Gasteiger partial charge >= 0.3 is 5.97 Å². The van der Waals surface area contributed by atoms with E-state index >= 15 is 0 Å². The van der Waals surface area contributed by atoms with E-state index < -0.39 is 5.97 Å². The Morgan fingerprint density at radius 1 is 1.22 bits per heavy atom. The molecule has 0 bridgehead atoms. The summed E-state index contributed by atoms with van der Waals surface area (Å²) in [7, 11) is 2.16. The molecule has 2 aromatic heterocycles. The zero-order valence-corrected chi connectivity index (χ0v) is 30.4. The normalized spacial score (nSPS) is 23.3. The zero-order valence-electron chi connectivity index (χ0n) is 29.7. The van der Waals surface area contributed by atoms with Gasteiger partial charge in [-0.3, -0.25) is 19.8 Å². The Hall–Kier alpha value is -4.17. The minimum absolute atomic E-state index is 0.0706. The lowest BCUT2D eigenvalue weighted by Crippen LogP contribution is -2.52. The number of allylic oxidation sites excluding steroid dienone is 2. The largest absolute Gasteiger partial charge is 0.478 e. The van der Waals surface area contributed by atoms with E-state index in [2.05, 4.69) is 37.1 Å². The van der Waals surface area contributed by atoms with Gasteiger partial charge in [0.15, 0.2) is 0 Å². The van der Waals surface area contributed by atoms with Crippen molar-refractivity contribution < 1.29 is 19.4 Å². The second-order valence-electron chi connectivity index (χ2n) is 13.7. The van der Waals surface area contributed by atoms with Crippen molar-refractivity contribution in [3.63, 3.8) is 0 Å². The number of alkyl halides is 1. The highest BCUT2D eigenvalue weighted by Crippen LogP contribution is 2.43. The smallest absolute Gasteiger partial charge is 0.335 e. The van der Waals surface area contributed by atoms with E-state index in [0.29, 0.717) is 24.5 Å². The first kappa shape index (κ1) is 37.1. The monoisotopic (exact) mass is 705 g/mol. The third-order valence-corrected chi connectivity index (χ3v) is 10.1. The number of nitrogens with zero attached hydrogens (tertiary/aromatic N) is 7. The number of carbonyl (C=O) groups is 2. The number of morpholine rings is 1. The number of likely N-dealkylation sites (N-methyl/N-ethyl adjacent to an activating group) is 1. The number of halogens is 1. The van der Waals surface area contributed by atoms with Gasteiger partial charge in [0.1, 0.15) is 11.6 Å². The molecule has 4 N–H and O–H groups in total. The molecule has 1 aliphatic carbocycles. The number of aromatic carboxylic acids is 1. The molecule has 268 valence electrons. The molecule has 2 aliphatic heterocycles. The van der Waals surface area contributed by atoms with Crippen LogP contribution < -0.4 is 5.73 Å². The Kier molecular flexibility index (Phi) is 11.7. The van der Waals surface area contributed by atoms with Gasteiger partial charge in [0.2, 0.25) is 6.41 Å². The topological polar surface area (TPSA) is 168 Å². The predicted octanol–water partition coefficient (Wildman–Crippen LogP) is 4.20. The number of aromatic amines is 1. The van der Waals surface area contributed by atoms with Crippen LogP contribution in [0.5, 0.6) is 0 Å². The van der Waals surface area contributed by atoms with E-state index in [-0.39, 0.29) is 28.4 Å². The van der Waals surface area contributed by atoms with Crippen LogP contribution in [0.1, 0.15) is 84.8 Å².